The van der Waals surface area contributed by atoms with Gasteiger partial charge in [0.15, 0.2) is 0 Å². The molecule has 0 aromatic carbocycles. The summed E-state index contributed by atoms with van der Waals surface area (Å²) in [5, 5.41) is 5.22. The van der Waals surface area contributed by atoms with Crippen LogP contribution in [0.4, 0.5) is 0 Å². The summed E-state index contributed by atoms with van der Waals surface area (Å²) in [4.78, 5) is 15.9. The van der Waals surface area contributed by atoms with Crippen molar-refractivity contribution in [3.05, 3.63) is 46.5 Å². The number of likely N-dealkylation sites (tertiary alicyclic amines) is 1. The molecule has 1 aliphatic heterocycles. The fourth-order valence-electron chi connectivity index (χ4n) is 3.12. The van der Waals surface area contributed by atoms with Crippen molar-refractivity contribution in [2.24, 2.45) is 5.92 Å². The first-order valence-electron chi connectivity index (χ1n) is 8.33. The molecule has 2 aromatic rings. The van der Waals surface area contributed by atoms with Crippen LogP contribution in [0.2, 0.25) is 0 Å². The Morgan fingerprint density at radius 2 is 2.35 bits per heavy atom. The molecule has 1 N–H and O–H groups in total. The number of amides is 1. The average molecular weight is 332 g/mol. The molecule has 3 rings (SSSR count). The van der Waals surface area contributed by atoms with Gasteiger partial charge in [-0.05, 0) is 48.9 Å². The number of nitrogens with one attached hydrogen (secondary N) is 1. The van der Waals surface area contributed by atoms with Gasteiger partial charge in [-0.25, -0.2) is 0 Å². The van der Waals surface area contributed by atoms with Gasteiger partial charge in [0.05, 0.1) is 6.26 Å². The second kappa shape index (κ2) is 8.31. The molecular formula is C18H24N2O2S. The molecule has 1 fully saturated rings. The maximum atomic E-state index is 12.0. The molecule has 0 spiro atoms. The van der Waals surface area contributed by atoms with Crippen LogP contribution >= 0.6 is 11.3 Å². The van der Waals surface area contributed by atoms with E-state index in [9.17, 15) is 4.79 Å². The number of piperidine rings is 1. The lowest BCUT2D eigenvalue weighted by Crippen LogP contribution is -2.40. The number of thiophene rings is 1. The lowest BCUT2D eigenvalue weighted by atomic mass is 9.98. The van der Waals surface area contributed by atoms with Gasteiger partial charge in [0.2, 0.25) is 5.91 Å². The number of carbonyl (C=O) groups is 1. The third-order valence-electron chi connectivity index (χ3n) is 4.33. The number of furan rings is 1. The van der Waals surface area contributed by atoms with Gasteiger partial charge in [-0.1, -0.05) is 6.07 Å². The molecule has 124 valence electrons. The van der Waals surface area contributed by atoms with Crippen LogP contribution in [0.15, 0.2) is 40.3 Å². The highest BCUT2D eigenvalue weighted by atomic mass is 32.1. The summed E-state index contributed by atoms with van der Waals surface area (Å²) >= 11 is 1.82. The number of rotatable bonds is 7. The zero-order chi connectivity index (χ0) is 15.9. The Morgan fingerprint density at radius 3 is 3.13 bits per heavy atom. The third kappa shape index (κ3) is 5.22. The molecule has 0 saturated carbocycles. The predicted molar refractivity (Wildman–Crippen MR) is 92.4 cm³/mol. The van der Waals surface area contributed by atoms with E-state index in [1.807, 2.05) is 23.5 Å². The number of aryl methyl sites for hydroxylation is 1. The van der Waals surface area contributed by atoms with E-state index in [2.05, 4.69) is 27.7 Å². The minimum atomic E-state index is 0.122. The van der Waals surface area contributed by atoms with Crippen LogP contribution in [0.25, 0.3) is 0 Å². The summed E-state index contributed by atoms with van der Waals surface area (Å²) in [6.45, 7) is 4.08. The largest absolute Gasteiger partial charge is 0.469 e. The summed E-state index contributed by atoms with van der Waals surface area (Å²) < 4.78 is 5.26. The molecule has 3 heterocycles. The minimum absolute atomic E-state index is 0.122. The van der Waals surface area contributed by atoms with Crippen molar-refractivity contribution < 1.29 is 9.21 Å². The van der Waals surface area contributed by atoms with Crippen LogP contribution < -0.4 is 5.32 Å². The predicted octanol–water partition coefficient (Wildman–Crippen LogP) is 3.30. The van der Waals surface area contributed by atoms with E-state index in [0.717, 1.165) is 25.4 Å². The van der Waals surface area contributed by atoms with Gasteiger partial charge >= 0.3 is 0 Å². The minimum Gasteiger partial charge on any atom is -0.469 e. The van der Waals surface area contributed by atoms with E-state index in [0.29, 0.717) is 18.8 Å². The summed E-state index contributed by atoms with van der Waals surface area (Å²) in [6, 6.07) is 8.08. The topological polar surface area (TPSA) is 45.5 Å². The van der Waals surface area contributed by atoms with Crippen molar-refractivity contribution in [3.8, 4) is 0 Å². The quantitative estimate of drug-likeness (QED) is 0.846. The van der Waals surface area contributed by atoms with Crippen molar-refractivity contribution in [1.29, 1.82) is 0 Å². The molecule has 0 bridgehead atoms. The van der Waals surface area contributed by atoms with Gasteiger partial charge in [0, 0.05) is 37.4 Å². The van der Waals surface area contributed by atoms with Crippen LogP contribution in [0, 0.1) is 5.92 Å². The fourth-order valence-corrected chi connectivity index (χ4v) is 3.87. The monoisotopic (exact) mass is 332 g/mol. The molecule has 0 aliphatic carbocycles. The highest BCUT2D eigenvalue weighted by molar-refractivity contribution is 7.09. The maximum Gasteiger partial charge on any atom is 0.220 e. The molecule has 1 aliphatic rings. The van der Waals surface area contributed by atoms with Crippen molar-refractivity contribution in [2.75, 3.05) is 19.6 Å². The first-order chi connectivity index (χ1) is 11.3. The molecule has 2 aromatic heterocycles. The van der Waals surface area contributed by atoms with Gasteiger partial charge in [0.25, 0.3) is 0 Å². The molecule has 1 atom stereocenters. The number of hydrogen-bond acceptors (Lipinski definition) is 4. The van der Waals surface area contributed by atoms with Gasteiger partial charge in [0.1, 0.15) is 5.76 Å². The maximum absolute atomic E-state index is 12.0. The van der Waals surface area contributed by atoms with Crippen molar-refractivity contribution in [2.45, 2.75) is 32.2 Å². The molecule has 1 saturated heterocycles. The molecule has 23 heavy (non-hydrogen) atoms. The summed E-state index contributed by atoms with van der Waals surface area (Å²) in [5.74, 6) is 1.56. The van der Waals surface area contributed by atoms with Crippen LogP contribution in [-0.4, -0.2) is 30.4 Å². The third-order valence-corrected chi connectivity index (χ3v) is 5.19. The summed E-state index contributed by atoms with van der Waals surface area (Å²) in [5.41, 5.74) is 0. The zero-order valence-corrected chi connectivity index (χ0v) is 14.2. The van der Waals surface area contributed by atoms with E-state index < -0.39 is 0 Å². The molecular weight excluding hydrogens is 308 g/mol. The van der Waals surface area contributed by atoms with Crippen molar-refractivity contribution in [1.82, 2.24) is 10.2 Å². The van der Waals surface area contributed by atoms with Gasteiger partial charge < -0.3 is 9.73 Å². The Kier molecular flexibility index (Phi) is 5.88. The normalized spacial score (nSPS) is 18.9. The van der Waals surface area contributed by atoms with Crippen molar-refractivity contribution in [3.63, 3.8) is 0 Å². The Bertz CT molecular complexity index is 580. The van der Waals surface area contributed by atoms with E-state index >= 15 is 0 Å². The number of nitrogens with zero attached hydrogens (tertiary/aromatic N) is 1. The second-order valence-corrected chi connectivity index (χ2v) is 7.24. The Labute approximate surface area is 141 Å². The highest BCUT2D eigenvalue weighted by Crippen LogP contribution is 2.20. The molecule has 4 nitrogen and oxygen atoms in total. The molecule has 0 unspecified atom stereocenters. The summed E-state index contributed by atoms with van der Waals surface area (Å²) in [6.07, 6.45) is 5.25. The van der Waals surface area contributed by atoms with E-state index in [1.54, 1.807) is 6.26 Å². The highest BCUT2D eigenvalue weighted by Gasteiger charge is 2.20. The van der Waals surface area contributed by atoms with E-state index in [-0.39, 0.29) is 5.91 Å². The van der Waals surface area contributed by atoms with Gasteiger partial charge in [-0.2, -0.15) is 0 Å². The molecule has 0 radical (unpaired) electrons. The fraction of sp³-hybridized carbons (Fsp3) is 0.500. The lowest BCUT2D eigenvalue weighted by molar-refractivity contribution is -0.121. The van der Waals surface area contributed by atoms with Crippen molar-refractivity contribution >= 4 is 17.2 Å². The average Bonchev–Trinajstić information content (AvgIpc) is 3.25. The standard InChI is InChI=1S/C18H24N2O2S/c21-18(8-7-16-5-2-10-22-16)19-12-15-4-1-9-20(13-15)14-17-6-3-11-23-17/h2-3,5-6,10-11,15H,1,4,7-9,12-14H2,(H,19,21)/t15-/m1/s1. The second-order valence-electron chi connectivity index (χ2n) is 6.21. The van der Waals surface area contributed by atoms with Crippen LogP contribution in [-0.2, 0) is 17.8 Å². The first kappa shape index (κ1) is 16.3. The SMILES string of the molecule is O=C(CCc1ccco1)NC[C@H]1CCCN(Cc2cccs2)C1. The lowest BCUT2D eigenvalue weighted by Gasteiger charge is -2.32. The van der Waals surface area contributed by atoms with Crippen LogP contribution in [0.3, 0.4) is 0 Å². The van der Waals surface area contributed by atoms with Crippen LogP contribution in [0.1, 0.15) is 29.9 Å². The smallest absolute Gasteiger partial charge is 0.220 e. The van der Waals surface area contributed by atoms with Crippen LogP contribution in [0.5, 0.6) is 0 Å². The Morgan fingerprint density at radius 1 is 1.39 bits per heavy atom. The molecule has 1 amide bonds. The number of carbonyl (C=O) groups excluding carboxylic acids is 1. The number of hydrogen-bond donors (Lipinski definition) is 1. The van der Waals surface area contributed by atoms with Gasteiger partial charge in [-0.3, -0.25) is 9.69 Å². The molecule has 5 heteroatoms. The first-order valence-corrected chi connectivity index (χ1v) is 9.21. The Balaban J connectivity index is 1.36. The zero-order valence-electron chi connectivity index (χ0n) is 13.4. The van der Waals surface area contributed by atoms with E-state index in [4.69, 9.17) is 4.42 Å². The summed E-state index contributed by atoms with van der Waals surface area (Å²) in [7, 11) is 0. The van der Waals surface area contributed by atoms with Gasteiger partial charge in [-0.15, -0.1) is 11.3 Å². The van der Waals surface area contributed by atoms with E-state index in [1.165, 1.54) is 24.3 Å². The Hall–Kier alpha value is -1.59.